The molecule has 14 heavy (non-hydrogen) atoms. The standard InChI is InChI=1S/C8H13N3O3/c12-7-5-10-1-2-11(8(13)14)4-6(10)3-9-7/h6H,1-5H2,(H,9,12)(H,13,14). The molecule has 0 aromatic carbocycles. The molecule has 2 aliphatic rings. The highest BCUT2D eigenvalue weighted by Crippen LogP contribution is 2.11. The zero-order valence-electron chi connectivity index (χ0n) is 7.77. The highest BCUT2D eigenvalue weighted by atomic mass is 16.4. The van der Waals surface area contributed by atoms with Gasteiger partial charge < -0.3 is 15.3 Å². The van der Waals surface area contributed by atoms with Gasteiger partial charge in [0, 0.05) is 32.2 Å². The number of hydrogen-bond acceptors (Lipinski definition) is 3. The molecule has 2 heterocycles. The molecule has 2 amide bonds. The number of nitrogens with zero attached hydrogens (tertiary/aromatic N) is 2. The van der Waals surface area contributed by atoms with Gasteiger partial charge in [-0.15, -0.1) is 0 Å². The quantitative estimate of drug-likeness (QED) is 0.513. The molecule has 6 nitrogen and oxygen atoms in total. The first-order chi connectivity index (χ1) is 6.66. The minimum Gasteiger partial charge on any atom is -0.465 e. The van der Waals surface area contributed by atoms with Gasteiger partial charge in [-0.2, -0.15) is 0 Å². The Labute approximate surface area is 81.5 Å². The Bertz CT molecular complexity index is 269. The average molecular weight is 199 g/mol. The molecular weight excluding hydrogens is 186 g/mol. The largest absolute Gasteiger partial charge is 0.465 e. The number of carbonyl (C=O) groups is 2. The van der Waals surface area contributed by atoms with Crippen LogP contribution in [-0.4, -0.2) is 65.7 Å². The molecular formula is C8H13N3O3. The predicted molar refractivity (Wildman–Crippen MR) is 48.0 cm³/mol. The lowest BCUT2D eigenvalue weighted by atomic mass is 10.1. The SMILES string of the molecule is O=C1CN2CCN(C(=O)O)CC2CN1. The fourth-order valence-electron chi connectivity index (χ4n) is 1.94. The first kappa shape index (κ1) is 9.26. The Morgan fingerprint density at radius 1 is 1.50 bits per heavy atom. The Morgan fingerprint density at radius 2 is 2.29 bits per heavy atom. The van der Waals surface area contributed by atoms with Crippen LogP contribution < -0.4 is 5.32 Å². The van der Waals surface area contributed by atoms with Crippen molar-refractivity contribution in [1.82, 2.24) is 15.1 Å². The van der Waals surface area contributed by atoms with Crippen LogP contribution in [0.4, 0.5) is 4.79 Å². The summed E-state index contributed by atoms with van der Waals surface area (Å²) < 4.78 is 0. The summed E-state index contributed by atoms with van der Waals surface area (Å²) in [6, 6.07) is 0.151. The van der Waals surface area contributed by atoms with Crippen LogP contribution in [0.5, 0.6) is 0 Å². The van der Waals surface area contributed by atoms with Crippen LogP contribution in [-0.2, 0) is 4.79 Å². The summed E-state index contributed by atoms with van der Waals surface area (Å²) in [4.78, 5) is 25.2. The summed E-state index contributed by atoms with van der Waals surface area (Å²) >= 11 is 0. The van der Waals surface area contributed by atoms with Crippen LogP contribution in [0.2, 0.25) is 0 Å². The molecule has 78 valence electrons. The van der Waals surface area contributed by atoms with Gasteiger partial charge in [0.2, 0.25) is 5.91 Å². The molecule has 2 rings (SSSR count). The van der Waals surface area contributed by atoms with Crippen molar-refractivity contribution in [2.45, 2.75) is 6.04 Å². The molecule has 1 unspecified atom stereocenters. The number of piperazine rings is 2. The third-order valence-electron chi connectivity index (χ3n) is 2.76. The van der Waals surface area contributed by atoms with Crippen LogP contribution in [0, 0.1) is 0 Å². The lowest BCUT2D eigenvalue weighted by molar-refractivity contribution is -0.126. The van der Waals surface area contributed by atoms with Crippen molar-refractivity contribution < 1.29 is 14.7 Å². The van der Waals surface area contributed by atoms with Crippen LogP contribution >= 0.6 is 0 Å². The van der Waals surface area contributed by atoms with Crippen molar-refractivity contribution in [2.24, 2.45) is 0 Å². The number of amides is 2. The Kier molecular flexibility index (Phi) is 2.28. The fourth-order valence-corrected chi connectivity index (χ4v) is 1.94. The normalized spacial score (nSPS) is 28.1. The number of carboxylic acid groups (broad SMARTS) is 1. The Balaban J connectivity index is 1.98. The molecule has 2 fully saturated rings. The number of carbonyl (C=O) groups excluding carboxylic acids is 1. The van der Waals surface area contributed by atoms with E-state index in [4.69, 9.17) is 5.11 Å². The second-order valence-corrected chi connectivity index (χ2v) is 3.66. The summed E-state index contributed by atoms with van der Waals surface area (Å²) in [6.45, 7) is 2.61. The van der Waals surface area contributed by atoms with Gasteiger partial charge in [-0.25, -0.2) is 4.79 Å². The van der Waals surface area contributed by atoms with E-state index >= 15 is 0 Å². The van der Waals surface area contributed by atoms with E-state index in [9.17, 15) is 9.59 Å². The van der Waals surface area contributed by atoms with E-state index in [1.807, 2.05) is 4.90 Å². The number of fused-ring (bicyclic) bond motifs is 1. The van der Waals surface area contributed by atoms with Crippen molar-refractivity contribution >= 4 is 12.0 Å². The summed E-state index contributed by atoms with van der Waals surface area (Å²) in [7, 11) is 0. The van der Waals surface area contributed by atoms with Crippen LogP contribution in [0.15, 0.2) is 0 Å². The molecule has 2 N–H and O–H groups in total. The fraction of sp³-hybridized carbons (Fsp3) is 0.750. The van der Waals surface area contributed by atoms with E-state index in [1.54, 1.807) is 0 Å². The van der Waals surface area contributed by atoms with Crippen LogP contribution in [0.3, 0.4) is 0 Å². The molecule has 0 radical (unpaired) electrons. The predicted octanol–water partition coefficient (Wildman–Crippen LogP) is -1.22. The van der Waals surface area contributed by atoms with Crippen LogP contribution in [0.1, 0.15) is 0 Å². The van der Waals surface area contributed by atoms with Gasteiger partial charge in [0.1, 0.15) is 0 Å². The second-order valence-electron chi connectivity index (χ2n) is 3.66. The third-order valence-corrected chi connectivity index (χ3v) is 2.76. The molecule has 0 bridgehead atoms. The maximum Gasteiger partial charge on any atom is 0.407 e. The summed E-state index contributed by atoms with van der Waals surface area (Å²) in [6.07, 6.45) is -0.874. The molecule has 0 aromatic heterocycles. The highest BCUT2D eigenvalue weighted by molar-refractivity contribution is 5.79. The van der Waals surface area contributed by atoms with Crippen molar-refractivity contribution in [2.75, 3.05) is 32.7 Å². The van der Waals surface area contributed by atoms with Gasteiger partial charge >= 0.3 is 6.09 Å². The molecule has 0 aliphatic carbocycles. The number of rotatable bonds is 0. The molecule has 1 atom stereocenters. The summed E-state index contributed by atoms with van der Waals surface area (Å²) in [5.41, 5.74) is 0. The first-order valence-electron chi connectivity index (χ1n) is 4.65. The Morgan fingerprint density at radius 3 is 3.00 bits per heavy atom. The molecule has 2 aliphatic heterocycles. The molecule has 6 heteroatoms. The number of nitrogens with one attached hydrogen (secondary N) is 1. The highest BCUT2D eigenvalue weighted by Gasteiger charge is 2.33. The van der Waals surface area contributed by atoms with Crippen molar-refractivity contribution in [1.29, 1.82) is 0 Å². The van der Waals surface area contributed by atoms with Crippen molar-refractivity contribution in [3.05, 3.63) is 0 Å². The van der Waals surface area contributed by atoms with Gasteiger partial charge in [0.25, 0.3) is 0 Å². The summed E-state index contributed by atoms with van der Waals surface area (Å²) in [5, 5.41) is 11.5. The van der Waals surface area contributed by atoms with Crippen LogP contribution in [0.25, 0.3) is 0 Å². The monoisotopic (exact) mass is 199 g/mol. The van der Waals surface area contributed by atoms with Crippen molar-refractivity contribution in [3.63, 3.8) is 0 Å². The molecule has 0 spiro atoms. The van der Waals surface area contributed by atoms with Gasteiger partial charge in [-0.3, -0.25) is 9.69 Å². The lowest BCUT2D eigenvalue weighted by Gasteiger charge is -2.42. The Hall–Kier alpha value is -1.30. The van der Waals surface area contributed by atoms with E-state index in [-0.39, 0.29) is 11.9 Å². The molecule has 0 aromatic rings. The van der Waals surface area contributed by atoms with E-state index in [1.165, 1.54) is 4.90 Å². The minimum atomic E-state index is -0.874. The maximum absolute atomic E-state index is 11.1. The first-order valence-corrected chi connectivity index (χ1v) is 4.65. The zero-order valence-corrected chi connectivity index (χ0v) is 7.77. The van der Waals surface area contributed by atoms with Gasteiger partial charge in [-0.1, -0.05) is 0 Å². The minimum absolute atomic E-state index is 0.0324. The lowest BCUT2D eigenvalue weighted by Crippen LogP contribution is -2.63. The van der Waals surface area contributed by atoms with Crippen molar-refractivity contribution in [3.8, 4) is 0 Å². The molecule has 0 saturated carbocycles. The smallest absolute Gasteiger partial charge is 0.407 e. The molecule has 2 saturated heterocycles. The van der Waals surface area contributed by atoms with Gasteiger partial charge in [0.05, 0.1) is 6.54 Å². The topological polar surface area (TPSA) is 72.9 Å². The van der Waals surface area contributed by atoms with E-state index in [2.05, 4.69) is 5.32 Å². The summed E-state index contributed by atoms with van der Waals surface area (Å²) in [5.74, 6) is 0.0324. The average Bonchev–Trinajstić information content (AvgIpc) is 2.16. The zero-order chi connectivity index (χ0) is 10.1. The second kappa shape index (κ2) is 3.45. The van der Waals surface area contributed by atoms with Gasteiger partial charge in [0.15, 0.2) is 0 Å². The van der Waals surface area contributed by atoms with E-state index < -0.39 is 6.09 Å². The third kappa shape index (κ3) is 1.65. The van der Waals surface area contributed by atoms with E-state index in [0.717, 1.165) is 0 Å². The maximum atomic E-state index is 11.1. The van der Waals surface area contributed by atoms with Gasteiger partial charge in [-0.05, 0) is 0 Å². The van der Waals surface area contributed by atoms with E-state index in [0.29, 0.717) is 32.7 Å². The number of hydrogen-bond donors (Lipinski definition) is 2.